The Hall–Kier alpha value is -1.67. The number of rotatable bonds is 6. The van der Waals surface area contributed by atoms with Crippen LogP contribution in [-0.4, -0.2) is 59.3 Å². The van der Waals surface area contributed by atoms with Crippen LogP contribution in [-0.2, 0) is 19.1 Å². The number of carbonyl (C=O) groups is 3. The minimum Gasteiger partial charge on any atom is -0.480 e. The van der Waals surface area contributed by atoms with Crippen molar-refractivity contribution in [3.8, 4) is 0 Å². The van der Waals surface area contributed by atoms with E-state index in [1.165, 1.54) is 0 Å². The zero-order chi connectivity index (χ0) is 14.0. The second kappa shape index (κ2) is 5.54. The summed E-state index contributed by atoms with van der Waals surface area (Å²) < 4.78 is 5.52. The Morgan fingerprint density at radius 3 is 2.89 bits per heavy atom. The number of hydrogen-bond donors (Lipinski definition) is 3. The Kier molecular flexibility index (Phi) is 4.01. The third-order valence-electron chi connectivity index (χ3n) is 3.29. The molecule has 0 aromatic carbocycles. The molecule has 3 atom stereocenters. The molecule has 0 bridgehead atoms. The predicted molar refractivity (Wildman–Crippen MR) is 62.8 cm³/mol. The van der Waals surface area contributed by atoms with Crippen molar-refractivity contribution in [2.45, 2.75) is 37.6 Å². The number of ether oxygens (including phenoxy) is 1. The Labute approximate surface area is 109 Å². The molecule has 0 spiro atoms. The first-order valence-corrected chi connectivity index (χ1v) is 6.17. The first-order chi connectivity index (χ1) is 8.97. The van der Waals surface area contributed by atoms with Gasteiger partial charge in [-0.05, 0) is 6.42 Å². The Morgan fingerprint density at radius 2 is 2.32 bits per heavy atom. The molecule has 8 nitrogen and oxygen atoms in total. The molecule has 0 aliphatic carbocycles. The maximum absolute atomic E-state index is 11.5. The van der Waals surface area contributed by atoms with Crippen molar-refractivity contribution < 1.29 is 24.2 Å². The van der Waals surface area contributed by atoms with Gasteiger partial charge < -0.3 is 25.8 Å². The van der Waals surface area contributed by atoms with Crippen molar-refractivity contribution in [3.05, 3.63) is 0 Å². The summed E-state index contributed by atoms with van der Waals surface area (Å²) in [6.07, 6.45) is 0.257. The number of nitrogens with two attached hydrogens (primary N) is 1. The van der Waals surface area contributed by atoms with E-state index in [0.29, 0.717) is 19.5 Å². The Morgan fingerprint density at radius 1 is 1.58 bits per heavy atom. The average Bonchev–Trinajstić information content (AvgIpc) is 2.70. The molecule has 0 aromatic heterocycles. The molecule has 2 rings (SSSR count). The summed E-state index contributed by atoms with van der Waals surface area (Å²) in [6, 6.07) is -1.02. The van der Waals surface area contributed by atoms with Gasteiger partial charge in [0, 0.05) is 13.0 Å². The topological polar surface area (TPSA) is 122 Å². The third kappa shape index (κ3) is 3.21. The molecule has 4 N–H and O–H groups in total. The number of nitrogens with one attached hydrogen (secondary N) is 1. The molecule has 2 saturated heterocycles. The molecule has 2 aliphatic rings. The van der Waals surface area contributed by atoms with Gasteiger partial charge in [0.1, 0.15) is 12.3 Å². The van der Waals surface area contributed by atoms with Crippen molar-refractivity contribution in [3.63, 3.8) is 0 Å². The normalized spacial score (nSPS) is 26.6. The number of β-lactam (4-membered cyclic amide) rings is 1. The van der Waals surface area contributed by atoms with Crippen LogP contribution in [0, 0.1) is 0 Å². The maximum atomic E-state index is 11.5. The average molecular weight is 271 g/mol. The van der Waals surface area contributed by atoms with Crippen molar-refractivity contribution in [1.29, 1.82) is 0 Å². The summed E-state index contributed by atoms with van der Waals surface area (Å²) in [5, 5.41) is 11.2. The standard InChI is InChI=1S/C11H17N3O5/c12-7(11(17)18)1-2-8(15)13-4-6-5-14-9(16)3-10(14)19-6/h6-7,10H,1-5,12H2,(H,13,15)(H,17,18). The molecule has 2 aliphatic heterocycles. The summed E-state index contributed by atoms with van der Waals surface area (Å²) in [4.78, 5) is 34.7. The second-order valence-electron chi connectivity index (χ2n) is 4.75. The number of carboxylic acids is 1. The summed E-state index contributed by atoms with van der Waals surface area (Å²) in [5.41, 5.74) is 5.29. The highest BCUT2D eigenvalue weighted by Gasteiger charge is 2.45. The van der Waals surface area contributed by atoms with Gasteiger partial charge >= 0.3 is 5.97 Å². The summed E-state index contributed by atoms with van der Waals surface area (Å²) in [7, 11) is 0. The zero-order valence-corrected chi connectivity index (χ0v) is 10.4. The van der Waals surface area contributed by atoms with E-state index in [1.54, 1.807) is 4.90 Å². The fourth-order valence-electron chi connectivity index (χ4n) is 2.09. The van der Waals surface area contributed by atoms with E-state index in [-0.39, 0.29) is 37.0 Å². The van der Waals surface area contributed by atoms with Gasteiger partial charge in [0.05, 0.1) is 19.1 Å². The van der Waals surface area contributed by atoms with Gasteiger partial charge in [-0.15, -0.1) is 0 Å². The molecule has 3 unspecified atom stereocenters. The van der Waals surface area contributed by atoms with Gasteiger partial charge in [0.15, 0.2) is 0 Å². The van der Waals surface area contributed by atoms with Crippen molar-refractivity contribution >= 4 is 17.8 Å². The van der Waals surface area contributed by atoms with Crippen molar-refractivity contribution in [2.75, 3.05) is 13.1 Å². The number of carboxylic acid groups (broad SMARTS) is 1. The highest BCUT2D eigenvalue weighted by molar-refractivity contribution is 5.83. The van der Waals surface area contributed by atoms with Crippen LogP contribution in [0.1, 0.15) is 19.3 Å². The molecule has 0 saturated carbocycles. The summed E-state index contributed by atoms with van der Waals surface area (Å²) in [5.74, 6) is -1.30. The first-order valence-electron chi connectivity index (χ1n) is 6.17. The number of fused-ring (bicyclic) bond motifs is 1. The quantitative estimate of drug-likeness (QED) is 0.492. The minimum atomic E-state index is -1.12. The lowest BCUT2D eigenvalue weighted by atomic mass is 10.1. The number of amides is 2. The highest BCUT2D eigenvalue weighted by Crippen LogP contribution is 2.28. The first kappa shape index (κ1) is 13.8. The van der Waals surface area contributed by atoms with Gasteiger partial charge in [-0.3, -0.25) is 14.4 Å². The van der Waals surface area contributed by atoms with Gasteiger partial charge in [-0.2, -0.15) is 0 Å². The fourth-order valence-corrected chi connectivity index (χ4v) is 2.09. The van der Waals surface area contributed by atoms with Crippen LogP contribution in [0.3, 0.4) is 0 Å². The molecular formula is C11H17N3O5. The number of hydrogen-bond acceptors (Lipinski definition) is 5. The number of carbonyl (C=O) groups excluding carboxylic acids is 2. The van der Waals surface area contributed by atoms with Gasteiger partial charge in [-0.25, -0.2) is 0 Å². The maximum Gasteiger partial charge on any atom is 0.320 e. The molecule has 2 heterocycles. The number of aliphatic carboxylic acids is 1. The summed E-state index contributed by atoms with van der Waals surface area (Å²) in [6.45, 7) is 0.819. The second-order valence-corrected chi connectivity index (χ2v) is 4.75. The molecule has 8 heteroatoms. The smallest absolute Gasteiger partial charge is 0.320 e. The SMILES string of the molecule is NC(CCC(=O)NCC1CN2C(=O)CC2O1)C(=O)O. The van der Waals surface area contributed by atoms with Crippen molar-refractivity contribution in [2.24, 2.45) is 5.73 Å². The van der Waals surface area contributed by atoms with Crippen LogP contribution in [0.25, 0.3) is 0 Å². The fraction of sp³-hybridized carbons (Fsp3) is 0.727. The van der Waals surface area contributed by atoms with Crippen molar-refractivity contribution in [1.82, 2.24) is 10.2 Å². The van der Waals surface area contributed by atoms with Gasteiger partial charge in [0.25, 0.3) is 0 Å². The van der Waals surface area contributed by atoms with Crippen LogP contribution < -0.4 is 11.1 Å². The number of nitrogens with zero attached hydrogens (tertiary/aromatic N) is 1. The van der Waals surface area contributed by atoms with E-state index in [1.807, 2.05) is 0 Å². The van der Waals surface area contributed by atoms with Crippen LogP contribution >= 0.6 is 0 Å². The van der Waals surface area contributed by atoms with Crippen LogP contribution in [0.4, 0.5) is 0 Å². The lowest BCUT2D eigenvalue weighted by molar-refractivity contribution is -0.156. The molecular weight excluding hydrogens is 254 g/mol. The van der Waals surface area contributed by atoms with E-state index < -0.39 is 12.0 Å². The van der Waals surface area contributed by atoms with Gasteiger partial charge in [-0.1, -0.05) is 0 Å². The third-order valence-corrected chi connectivity index (χ3v) is 3.29. The monoisotopic (exact) mass is 271 g/mol. The highest BCUT2D eigenvalue weighted by atomic mass is 16.5. The van der Waals surface area contributed by atoms with E-state index in [0.717, 1.165) is 0 Å². The molecule has 19 heavy (non-hydrogen) atoms. The Balaban J connectivity index is 1.62. The van der Waals surface area contributed by atoms with E-state index in [4.69, 9.17) is 15.6 Å². The van der Waals surface area contributed by atoms with Crippen LogP contribution in [0.5, 0.6) is 0 Å². The van der Waals surface area contributed by atoms with E-state index in [9.17, 15) is 14.4 Å². The molecule has 106 valence electrons. The van der Waals surface area contributed by atoms with E-state index >= 15 is 0 Å². The Bertz CT molecular complexity index is 400. The summed E-state index contributed by atoms with van der Waals surface area (Å²) >= 11 is 0. The predicted octanol–water partition coefficient (Wildman–Crippen LogP) is -1.75. The minimum absolute atomic E-state index is 0.0618. The van der Waals surface area contributed by atoms with Gasteiger partial charge in [0.2, 0.25) is 11.8 Å². The van der Waals surface area contributed by atoms with Crippen LogP contribution in [0.2, 0.25) is 0 Å². The lowest BCUT2D eigenvalue weighted by Crippen LogP contribution is -2.48. The molecule has 0 radical (unpaired) electrons. The largest absolute Gasteiger partial charge is 0.480 e. The molecule has 2 fully saturated rings. The van der Waals surface area contributed by atoms with Crippen LogP contribution in [0.15, 0.2) is 0 Å². The zero-order valence-electron chi connectivity index (χ0n) is 10.4. The lowest BCUT2D eigenvalue weighted by Gasteiger charge is -2.31. The van der Waals surface area contributed by atoms with E-state index in [2.05, 4.69) is 5.32 Å². The molecule has 2 amide bonds. The molecule has 0 aromatic rings.